The van der Waals surface area contributed by atoms with Gasteiger partial charge in [-0.2, -0.15) is 0 Å². The molecule has 0 aliphatic heterocycles. The maximum Gasteiger partial charge on any atom is -0.0127 e. The molecule has 0 aliphatic rings. The summed E-state index contributed by atoms with van der Waals surface area (Å²) in [5.41, 5.74) is 5.50. The van der Waals surface area contributed by atoms with Gasteiger partial charge >= 0.3 is 0 Å². The fraction of sp³-hybridized carbons (Fsp3) is 0. The second-order valence-corrected chi connectivity index (χ2v) is 3.66. The highest BCUT2D eigenvalue weighted by atomic mass is 13.9. The van der Waals surface area contributed by atoms with Crippen molar-refractivity contribution in [3.05, 3.63) is 89.7 Å². The van der Waals surface area contributed by atoms with Crippen molar-refractivity contribution >= 4 is 12.2 Å². The van der Waals surface area contributed by atoms with Crippen LogP contribution in [0, 0.1) is 0 Å². The van der Waals surface area contributed by atoms with E-state index < -0.39 is 0 Å². The molecule has 2 aromatic carbocycles. The van der Waals surface area contributed by atoms with E-state index in [1.807, 2.05) is 54.6 Å². The Hall–Kier alpha value is -2.30. The van der Waals surface area contributed by atoms with Crippen molar-refractivity contribution in [3.8, 4) is 0 Å². The Morgan fingerprint density at radius 3 is 1.94 bits per heavy atom. The molecule has 17 heavy (non-hydrogen) atoms. The highest BCUT2D eigenvalue weighted by Crippen LogP contribution is 2.01. The summed E-state index contributed by atoms with van der Waals surface area (Å²) in [4.78, 5) is 0. The lowest BCUT2D eigenvalue weighted by molar-refractivity contribution is 1.66. The molecule has 82 valence electrons. The smallest absolute Gasteiger partial charge is 0.0127 e. The molecule has 0 radical (unpaired) electrons. The summed E-state index contributed by atoms with van der Waals surface area (Å²) in [7, 11) is 0. The van der Waals surface area contributed by atoms with Gasteiger partial charge in [-0.1, -0.05) is 72.8 Å². The fourth-order valence-electron chi connectivity index (χ4n) is 1.47. The van der Waals surface area contributed by atoms with Gasteiger partial charge in [0.15, 0.2) is 0 Å². The summed E-state index contributed by atoms with van der Waals surface area (Å²) in [6.45, 7) is 0. The second kappa shape index (κ2) is 6.32. The molecule has 0 atom stereocenters. The van der Waals surface area contributed by atoms with E-state index in [9.17, 15) is 0 Å². The lowest BCUT2D eigenvalue weighted by atomic mass is 10.2. The lowest BCUT2D eigenvalue weighted by Gasteiger charge is -1.88. The monoisotopic (exact) mass is 218 g/mol. The molecule has 0 N–H and O–H groups in total. The van der Waals surface area contributed by atoms with Crippen LogP contribution in [0.2, 0.25) is 0 Å². The second-order valence-electron chi connectivity index (χ2n) is 3.66. The van der Waals surface area contributed by atoms with Gasteiger partial charge in [0.1, 0.15) is 0 Å². The van der Waals surface area contributed by atoms with Crippen LogP contribution in [0.1, 0.15) is 11.1 Å². The first-order valence-corrected chi connectivity index (χ1v) is 5.64. The molecule has 0 unspecified atom stereocenters. The molecular weight excluding hydrogens is 204 g/mol. The van der Waals surface area contributed by atoms with Crippen LogP contribution in [-0.2, 0) is 0 Å². The standard InChI is InChI=1S/C17H14/c1-4-10-16(11-5-1)14-8-3-9-15-17-12-6-2-7-13-17/h1-8,10-15H. The van der Waals surface area contributed by atoms with Gasteiger partial charge in [-0.25, -0.2) is 0 Å². The summed E-state index contributed by atoms with van der Waals surface area (Å²) in [6.07, 6.45) is 7.94. The fourth-order valence-corrected chi connectivity index (χ4v) is 1.47. The lowest BCUT2D eigenvalue weighted by Crippen LogP contribution is -1.66. The number of hydrogen-bond acceptors (Lipinski definition) is 0. The molecule has 0 spiro atoms. The molecule has 0 heterocycles. The molecule has 0 amide bonds. The van der Waals surface area contributed by atoms with Crippen LogP contribution in [0.25, 0.3) is 12.2 Å². The summed E-state index contributed by atoms with van der Waals surface area (Å²) in [5, 5.41) is 0. The molecule has 0 saturated heterocycles. The van der Waals surface area contributed by atoms with Crippen molar-refractivity contribution in [2.24, 2.45) is 0 Å². The highest BCUT2D eigenvalue weighted by Gasteiger charge is 1.80. The quantitative estimate of drug-likeness (QED) is 0.523. The minimum atomic E-state index is 1.16. The Labute approximate surface area is 102 Å². The van der Waals surface area contributed by atoms with E-state index in [1.165, 1.54) is 5.56 Å². The molecular formula is C17H14. The molecule has 0 fully saturated rings. The van der Waals surface area contributed by atoms with Gasteiger partial charge in [-0.3, -0.25) is 0 Å². The van der Waals surface area contributed by atoms with Gasteiger partial charge in [0.25, 0.3) is 0 Å². The SMILES string of the molecule is C(=CC=Cc1ccccc1)=Cc1ccccc1. The van der Waals surface area contributed by atoms with Crippen molar-refractivity contribution in [1.82, 2.24) is 0 Å². The van der Waals surface area contributed by atoms with Crippen LogP contribution in [-0.4, -0.2) is 0 Å². The Morgan fingerprint density at radius 2 is 1.29 bits per heavy atom. The zero-order valence-corrected chi connectivity index (χ0v) is 9.58. The van der Waals surface area contributed by atoms with Gasteiger partial charge in [-0.05, 0) is 23.3 Å². The van der Waals surface area contributed by atoms with Gasteiger partial charge in [0.05, 0.1) is 0 Å². The van der Waals surface area contributed by atoms with Crippen LogP contribution in [0.4, 0.5) is 0 Å². The normalized spacial score (nSPS) is 9.88. The van der Waals surface area contributed by atoms with Crippen molar-refractivity contribution in [2.45, 2.75) is 0 Å². The van der Waals surface area contributed by atoms with E-state index in [0.717, 1.165) is 5.56 Å². The van der Waals surface area contributed by atoms with Gasteiger partial charge in [-0.15, -0.1) is 5.73 Å². The average Bonchev–Trinajstić information content (AvgIpc) is 2.41. The summed E-state index contributed by atoms with van der Waals surface area (Å²) < 4.78 is 0. The maximum atomic E-state index is 3.14. The topological polar surface area (TPSA) is 0 Å². The zero-order chi connectivity index (χ0) is 11.8. The van der Waals surface area contributed by atoms with Crippen LogP contribution in [0.5, 0.6) is 0 Å². The van der Waals surface area contributed by atoms with Gasteiger partial charge in [0.2, 0.25) is 0 Å². The van der Waals surface area contributed by atoms with E-state index in [0.29, 0.717) is 0 Å². The van der Waals surface area contributed by atoms with E-state index in [1.54, 1.807) is 0 Å². The Kier molecular flexibility index (Phi) is 4.16. The molecule has 2 aromatic rings. The van der Waals surface area contributed by atoms with Gasteiger partial charge in [0, 0.05) is 0 Å². The van der Waals surface area contributed by atoms with E-state index in [4.69, 9.17) is 0 Å². The third-order valence-corrected chi connectivity index (χ3v) is 2.33. The average molecular weight is 218 g/mol. The van der Waals surface area contributed by atoms with E-state index in [-0.39, 0.29) is 0 Å². The predicted octanol–water partition coefficient (Wildman–Crippen LogP) is 4.57. The first-order valence-electron chi connectivity index (χ1n) is 5.64. The molecule has 0 aromatic heterocycles. The minimum Gasteiger partial charge on any atom is -0.120 e. The van der Waals surface area contributed by atoms with Crippen LogP contribution in [0.15, 0.2) is 78.5 Å². The van der Waals surface area contributed by atoms with E-state index >= 15 is 0 Å². The number of rotatable bonds is 3. The number of allylic oxidation sites excluding steroid dienone is 2. The molecule has 0 saturated carbocycles. The van der Waals surface area contributed by atoms with Crippen molar-refractivity contribution in [3.63, 3.8) is 0 Å². The first-order chi connectivity index (χ1) is 8.45. The minimum absolute atomic E-state index is 1.16. The third-order valence-electron chi connectivity index (χ3n) is 2.33. The van der Waals surface area contributed by atoms with Crippen molar-refractivity contribution in [1.29, 1.82) is 0 Å². The predicted molar refractivity (Wildman–Crippen MR) is 74.5 cm³/mol. The molecule has 0 nitrogen and oxygen atoms in total. The Morgan fingerprint density at radius 1 is 0.706 bits per heavy atom. The molecule has 0 aliphatic carbocycles. The molecule has 0 bridgehead atoms. The number of hydrogen-bond donors (Lipinski definition) is 0. The van der Waals surface area contributed by atoms with E-state index in [2.05, 4.69) is 36.1 Å². The zero-order valence-electron chi connectivity index (χ0n) is 9.58. The first kappa shape index (κ1) is 11.2. The van der Waals surface area contributed by atoms with Crippen molar-refractivity contribution in [2.75, 3.05) is 0 Å². The number of benzene rings is 2. The largest absolute Gasteiger partial charge is 0.120 e. The van der Waals surface area contributed by atoms with Crippen molar-refractivity contribution < 1.29 is 0 Å². The third kappa shape index (κ3) is 3.98. The summed E-state index contributed by atoms with van der Waals surface area (Å²) in [5.74, 6) is 0. The Balaban J connectivity index is 1.99. The molecule has 2 rings (SSSR count). The van der Waals surface area contributed by atoms with Gasteiger partial charge < -0.3 is 0 Å². The van der Waals surface area contributed by atoms with Crippen LogP contribution >= 0.6 is 0 Å². The highest BCUT2D eigenvalue weighted by molar-refractivity contribution is 5.52. The van der Waals surface area contributed by atoms with Crippen LogP contribution in [0.3, 0.4) is 0 Å². The summed E-state index contributed by atoms with van der Waals surface area (Å²) >= 11 is 0. The van der Waals surface area contributed by atoms with Crippen LogP contribution < -0.4 is 0 Å². The maximum absolute atomic E-state index is 3.14. The Bertz CT molecular complexity index is 527. The molecule has 0 heteroatoms. The summed E-state index contributed by atoms with van der Waals surface area (Å²) in [6, 6.07) is 20.4.